The third kappa shape index (κ3) is 18.5. The monoisotopic (exact) mass is 451 g/mol. The van der Waals surface area contributed by atoms with E-state index in [2.05, 4.69) is 12.2 Å². The Bertz CT molecular complexity index is 458. The molecule has 0 spiro atoms. The highest BCUT2D eigenvalue weighted by Gasteiger charge is 2.18. The number of carboxylic acids is 1. The molecule has 0 radical (unpaired) electrons. The van der Waals surface area contributed by atoms with Crippen LogP contribution >= 0.6 is 0 Å². The molecular formula is C28H53NO3. The summed E-state index contributed by atoms with van der Waals surface area (Å²) in [5.74, 6) is 1.20. The van der Waals surface area contributed by atoms with Crippen LogP contribution in [0.15, 0.2) is 0 Å². The van der Waals surface area contributed by atoms with E-state index < -0.39 is 5.97 Å². The van der Waals surface area contributed by atoms with Crippen LogP contribution in [0.25, 0.3) is 0 Å². The first kappa shape index (κ1) is 29.0. The largest absolute Gasteiger partial charge is 0.481 e. The molecule has 0 unspecified atom stereocenters. The fourth-order valence-electron chi connectivity index (χ4n) is 4.92. The van der Waals surface area contributed by atoms with Gasteiger partial charge in [-0.2, -0.15) is 0 Å². The number of aliphatic carboxylic acids is 1. The lowest BCUT2D eigenvalue weighted by molar-refractivity contribution is -0.137. The van der Waals surface area contributed by atoms with Crippen molar-refractivity contribution in [2.45, 2.75) is 148 Å². The fraction of sp³-hybridized carbons (Fsp3) is 0.929. The summed E-state index contributed by atoms with van der Waals surface area (Å²) in [4.78, 5) is 22.4. The van der Waals surface area contributed by atoms with Gasteiger partial charge in [0.2, 0.25) is 5.91 Å². The van der Waals surface area contributed by atoms with Gasteiger partial charge in [0, 0.05) is 19.4 Å². The Morgan fingerprint density at radius 1 is 0.625 bits per heavy atom. The first-order valence-corrected chi connectivity index (χ1v) is 14.1. The van der Waals surface area contributed by atoms with Gasteiger partial charge in [0.1, 0.15) is 0 Å². The molecule has 0 atom stereocenters. The second kappa shape index (κ2) is 20.5. The number of carbonyl (C=O) groups excluding carboxylic acids is 1. The lowest BCUT2D eigenvalue weighted by atomic mass is 9.83. The second-order valence-electron chi connectivity index (χ2n) is 10.5. The van der Waals surface area contributed by atoms with Crippen LogP contribution in [0.3, 0.4) is 0 Å². The standard InChI is InChI=1S/C28H53NO3/c1-25-20-22-26(23-21-25)24-29-27(30)18-16-14-12-10-8-6-4-2-3-5-7-9-11-13-15-17-19-28(31)32/h25-26H,2-24H2,1H3,(H,29,30)(H,31,32). The minimum Gasteiger partial charge on any atom is -0.481 e. The average Bonchev–Trinajstić information content (AvgIpc) is 2.77. The van der Waals surface area contributed by atoms with E-state index in [-0.39, 0.29) is 5.91 Å². The Morgan fingerprint density at radius 3 is 1.41 bits per heavy atom. The van der Waals surface area contributed by atoms with Gasteiger partial charge in [-0.1, -0.05) is 110 Å². The predicted molar refractivity (Wildman–Crippen MR) is 135 cm³/mol. The summed E-state index contributed by atoms with van der Waals surface area (Å²) in [7, 11) is 0. The van der Waals surface area contributed by atoms with Crippen LogP contribution in [0.5, 0.6) is 0 Å². The predicted octanol–water partition coefficient (Wildman–Crippen LogP) is 8.04. The molecule has 0 saturated heterocycles. The molecule has 188 valence electrons. The van der Waals surface area contributed by atoms with Crippen molar-refractivity contribution in [3.05, 3.63) is 0 Å². The van der Waals surface area contributed by atoms with Crippen LogP contribution in [0, 0.1) is 11.8 Å². The number of carboxylic acid groups (broad SMARTS) is 1. The molecule has 0 aromatic carbocycles. The summed E-state index contributed by atoms with van der Waals surface area (Å²) < 4.78 is 0. The highest BCUT2D eigenvalue weighted by atomic mass is 16.4. The lowest BCUT2D eigenvalue weighted by Crippen LogP contribution is -2.30. The Kier molecular flexibility index (Phi) is 18.6. The summed E-state index contributed by atoms with van der Waals surface area (Å²) in [6.45, 7) is 3.25. The highest BCUT2D eigenvalue weighted by molar-refractivity contribution is 5.75. The topological polar surface area (TPSA) is 66.4 Å². The molecule has 1 saturated carbocycles. The minimum absolute atomic E-state index is 0.266. The van der Waals surface area contributed by atoms with Crippen molar-refractivity contribution in [3.8, 4) is 0 Å². The maximum atomic E-state index is 12.0. The van der Waals surface area contributed by atoms with Crippen molar-refractivity contribution in [1.29, 1.82) is 0 Å². The zero-order valence-electron chi connectivity index (χ0n) is 21.2. The number of nitrogens with one attached hydrogen (secondary N) is 1. The molecule has 0 aliphatic heterocycles. The van der Waals surface area contributed by atoms with Gasteiger partial charge in [-0.05, 0) is 37.5 Å². The summed E-state index contributed by atoms with van der Waals surface area (Å²) in [6, 6.07) is 0. The van der Waals surface area contributed by atoms with Crippen molar-refractivity contribution >= 4 is 11.9 Å². The first-order valence-electron chi connectivity index (χ1n) is 14.1. The first-order chi connectivity index (χ1) is 15.6. The van der Waals surface area contributed by atoms with E-state index >= 15 is 0 Å². The fourth-order valence-corrected chi connectivity index (χ4v) is 4.92. The molecule has 0 aromatic rings. The summed E-state index contributed by atoms with van der Waals surface area (Å²) in [5.41, 5.74) is 0. The Hall–Kier alpha value is -1.06. The molecule has 32 heavy (non-hydrogen) atoms. The number of unbranched alkanes of at least 4 members (excludes halogenated alkanes) is 15. The zero-order valence-corrected chi connectivity index (χ0v) is 21.2. The van der Waals surface area contributed by atoms with Gasteiger partial charge >= 0.3 is 5.97 Å². The zero-order chi connectivity index (χ0) is 23.3. The summed E-state index contributed by atoms with van der Waals surface area (Å²) >= 11 is 0. The molecule has 1 amide bonds. The van der Waals surface area contributed by atoms with Crippen LogP contribution in [0.1, 0.15) is 148 Å². The minimum atomic E-state index is -0.663. The van der Waals surface area contributed by atoms with Crippen LogP contribution < -0.4 is 5.32 Å². The van der Waals surface area contributed by atoms with Crippen LogP contribution in [-0.4, -0.2) is 23.5 Å². The molecule has 0 aromatic heterocycles. The maximum absolute atomic E-state index is 12.0. The third-order valence-electron chi connectivity index (χ3n) is 7.27. The highest BCUT2D eigenvalue weighted by Crippen LogP contribution is 2.27. The molecular weight excluding hydrogens is 398 g/mol. The normalized spacial score (nSPS) is 18.5. The third-order valence-corrected chi connectivity index (χ3v) is 7.27. The number of amides is 1. The van der Waals surface area contributed by atoms with Crippen molar-refractivity contribution in [3.63, 3.8) is 0 Å². The molecule has 4 heteroatoms. The van der Waals surface area contributed by atoms with E-state index in [0.717, 1.165) is 37.6 Å². The molecule has 0 bridgehead atoms. The van der Waals surface area contributed by atoms with Crippen LogP contribution in [0.4, 0.5) is 0 Å². The lowest BCUT2D eigenvalue weighted by Gasteiger charge is -2.26. The Balaban J connectivity index is 1.72. The van der Waals surface area contributed by atoms with E-state index in [1.165, 1.54) is 109 Å². The van der Waals surface area contributed by atoms with Crippen molar-refractivity contribution < 1.29 is 14.7 Å². The van der Waals surface area contributed by atoms with E-state index in [9.17, 15) is 9.59 Å². The second-order valence-corrected chi connectivity index (χ2v) is 10.5. The van der Waals surface area contributed by atoms with Crippen molar-refractivity contribution in [2.24, 2.45) is 11.8 Å². The number of carbonyl (C=O) groups is 2. The Labute approximate surface area is 198 Å². The average molecular weight is 452 g/mol. The van der Waals surface area contributed by atoms with E-state index in [0.29, 0.717) is 12.8 Å². The number of rotatable bonds is 21. The molecule has 1 aliphatic carbocycles. The molecule has 1 fully saturated rings. The van der Waals surface area contributed by atoms with Gasteiger partial charge in [-0.3, -0.25) is 9.59 Å². The van der Waals surface area contributed by atoms with Gasteiger partial charge in [0.25, 0.3) is 0 Å². The number of hydrogen-bond acceptors (Lipinski definition) is 2. The van der Waals surface area contributed by atoms with Crippen LogP contribution in [0.2, 0.25) is 0 Å². The maximum Gasteiger partial charge on any atom is 0.303 e. The van der Waals surface area contributed by atoms with Gasteiger partial charge in [0.05, 0.1) is 0 Å². The van der Waals surface area contributed by atoms with Crippen molar-refractivity contribution in [1.82, 2.24) is 5.32 Å². The molecule has 4 nitrogen and oxygen atoms in total. The quantitative estimate of drug-likeness (QED) is 0.174. The molecule has 2 N–H and O–H groups in total. The van der Waals surface area contributed by atoms with Gasteiger partial charge in [0.15, 0.2) is 0 Å². The SMILES string of the molecule is CC1CCC(CNC(=O)CCCCCCCCCCCCCCCCCCC(=O)O)CC1. The van der Waals surface area contributed by atoms with Crippen LogP contribution in [-0.2, 0) is 9.59 Å². The van der Waals surface area contributed by atoms with Crippen molar-refractivity contribution in [2.75, 3.05) is 6.54 Å². The smallest absolute Gasteiger partial charge is 0.303 e. The molecule has 1 aliphatic rings. The van der Waals surface area contributed by atoms with Gasteiger partial charge < -0.3 is 10.4 Å². The summed E-state index contributed by atoms with van der Waals surface area (Å²) in [5, 5.41) is 11.8. The number of hydrogen-bond donors (Lipinski definition) is 2. The van der Waals surface area contributed by atoms with E-state index in [4.69, 9.17) is 5.11 Å². The Morgan fingerprint density at radius 2 is 1.00 bits per heavy atom. The van der Waals surface area contributed by atoms with E-state index in [1.807, 2.05) is 0 Å². The van der Waals surface area contributed by atoms with Gasteiger partial charge in [-0.15, -0.1) is 0 Å². The van der Waals surface area contributed by atoms with E-state index in [1.54, 1.807) is 0 Å². The van der Waals surface area contributed by atoms with Gasteiger partial charge in [-0.25, -0.2) is 0 Å². The summed E-state index contributed by atoms with van der Waals surface area (Å²) in [6.07, 6.45) is 26.3. The molecule has 0 heterocycles. The molecule has 1 rings (SSSR count).